The van der Waals surface area contributed by atoms with E-state index in [0.717, 1.165) is 5.56 Å². The standard InChI is InChI=1S/C16H18N2O4/c19-14-6-7-18(9-12(14)13-8-15(20)17-13)16(21)22-10-11-4-2-1-3-5-11/h1-5,12-13H,6-10H2,(H,17,20). The number of nitrogens with one attached hydrogen (secondary N) is 1. The van der Waals surface area contributed by atoms with Crippen molar-refractivity contribution < 1.29 is 19.1 Å². The van der Waals surface area contributed by atoms with E-state index >= 15 is 0 Å². The Hall–Kier alpha value is -2.37. The molecule has 2 aliphatic heterocycles. The van der Waals surface area contributed by atoms with Gasteiger partial charge in [-0.05, 0) is 5.56 Å². The number of likely N-dealkylation sites (tertiary alicyclic amines) is 1. The summed E-state index contributed by atoms with van der Waals surface area (Å²) in [5.41, 5.74) is 0.923. The van der Waals surface area contributed by atoms with E-state index in [1.54, 1.807) is 4.90 Å². The van der Waals surface area contributed by atoms with Gasteiger partial charge in [0, 0.05) is 32.0 Å². The van der Waals surface area contributed by atoms with Gasteiger partial charge in [0.05, 0.1) is 5.92 Å². The van der Waals surface area contributed by atoms with Crippen molar-refractivity contribution in [2.45, 2.75) is 25.5 Å². The van der Waals surface area contributed by atoms with Crippen LogP contribution in [0.2, 0.25) is 0 Å². The zero-order valence-corrected chi connectivity index (χ0v) is 12.2. The summed E-state index contributed by atoms with van der Waals surface area (Å²) in [6.07, 6.45) is 0.271. The molecule has 0 aliphatic carbocycles. The first-order valence-corrected chi connectivity index (χ1v) is 7.41. The maximum atomic E-state index is 12.1. The normalized spacial score (nSPS) is 24.5. The van der Waals surface area contributed by atoms with Gasteiger partial charge >= 0.3 is 6.09 Å². The highest BCUT2D eigenvalue weighted by Gasteiger charge is 2.41. The number of hydrogen-bond acceptors (Lipinski definition) is 4. The number of rotatable bonds is 3. The third kappa shape index (κ3) is 3.10. The Bertz CT molecular complexity index is 579. The second-order valence-electron chi connectivity index (χ2n) is 5.69. The van der Waals surface area contributed by atoms with E-state index in [-0.39, 0.29) is 30.3 Å². The molecule has 1 aromatic rings. The van der Waals surface area contributed by atoms with Crippen molar-refractivity contribution >= 4 is 17.8 Å². The number of amides is 2. The quantitative estimate of drug-likeness (QED) is 0.848. The molecule has 2 fully saturated rings. The lowest BCUT2D eigenvalue weighted by Gasteiger charge is -2.39. The van der Waals surface area contributed by atoms with Gasteiger partial charge in [-0.15, -0.1) is 0 Å². The molecular formula is C16H18N2O4. The van der Waals surface area contributed by atoms with Gasteiger partial charge in [0.15, 0.2) is 0 Å². The maximum absolute atomic E-state index is 12.1. The highest BCUT2D eigenvalue weighted by Crippen LogP contribution is 2.23. The summed E-state index contributed by atoms with van der Waals surface area (Å²) >= 11 is 0. The molecule has 0 bridgehead atoms. The molecule has 2 atom stereocenters. The number of piperidine rings is 1. The Morgan fingerprint density at radius 2 is 2.00 bits per heavy atom. The molecule has 0 radical (unpaired) electrons. The summed E-state index contributed by atoms with van der Waals surface area (Å²) in [6.45, 7) is 0.913. The fraction of sp³-hybridized carbons (Fsp3) is 0.438. The molecule has 6 nitrogen and oxygen atoms in total. The number of carbonyl (C=O) groups is 3. The van der Waals surface area contributed by atoms with E-state index in [0.29, 0.717) is 25.9 Å². The molecule has 1 aromatic carbocycles. The highest BCUT2D eigenvalue weighted by atomic mass is 16.6. The number of ether oxygens (including phenoxy) is 1. The van der Waals surface area contributed by atoms with Gasteiger partial charge in [0.25, 0.3) is 0 Å². The van der Waals surface area contributed by atoms with Crippen molar-refractivity contribution in [2.24, 2.45) is 5.92 Å². The largest absolute Gasteiger partial charge is 0.445 e. The fourth-order valence-electron chi connectivity index (χ4n) is 2.82. The summed E-state index contributed by atoms with van der Waals surface area (Å²) in [5.74, 6) is -0.241. The zero-order valence-electron chi connectivity index (χ0n) is 12.2. The third-order valence-corrected chi connectivity index (χ3v) is 4.16. The van der Waals surface area contributed by atoms with Crippen LogP contribution in [-0.2, 0) is 20.9 Å². The first-order chi connectivity index (χ1) is 10.6. The van der Waals surface area contributed by atoms with Gasteiger partial charge in [0.1, 0.15) is 12.4 Å². The van der Waals surface area contributed by atoms with Crippen molar-refractivity contribution in [2.75, 3.05) is 13.1 Å². The lowest BCUT2D eigenvalue weighted by Crippen LogP contribution is -2.59. The molecule has 2 heterocycles. The number of ketones is 1. The first kappa shape index (κ1) is 14.6. The molecule has 2 saturated heterocycles. The smallest absolute Gasteiger partial charge is 0.410 e. The van der Waals surface area contributed by atoms with Crippen LogP contribution in [0.25, 0.3) is 0 Å². The second kappa shape index (κ2) is 6.17. The SMILES string of the molecule is O=C1CC(C2CN(C(=O)OCc3ccccc3)CCC2=O)N1. The molecule has 0 aromatic heterocycles. The Kier molecular flexibility index (Phi) is 4.09. The summed E-state index contributed by atoms with van der Waals surface area (Å²) in [5, 5.41) is 2.72. The lowest BCUT2D eigenvalue weighted by molar-refractivity contribution is -0.134. The van der Waals surface area contributed by atoms with Crippen LogP contribution in [0.4, 0.5) is 4.79 Å². The predicted octanol–water partition coefficient (Wildman–Crippen LogP) is 1.10. The number of carbonyl (C=O) groups excluding carboxylic acids is 3. The lowest BCUT2D eigenvalue weighted by atomic mass is 9.84. The van der Waals surface area contributed by atoms with Crippen molar-refractivity contribution in [1.29, 1.82) is 0 Å². The fourth-order valence-corrected chi connectivity index (χ4v) is 2.82. The van der Waals surface area contributed by atoms with Gasteiger partial charge in [-0.25, -0.2) is 4.79 Å². The number of β-lactam (4-membered cyclic amide) rings is 1. The van der Waals surface area contributed by atoms with Crippen LogP contribution in [0.15, 0.2) is 30.3 Å². The first-order valence-electron chi connectivity index (χ1n) is 7.41. The molecule has 2 unspecified atom stereocenters. The molecule has 1 N–H and O–H groups in total. The summed E-state index contributed by atoms with van der Waals surface area (Å²) in [6, 6.07) is 9.32. The van der Waals surface area contributed by atoms with E-state index in [1.807, 2.05) is 30.3 Å². The topological polar surface area (TPSA) is 75.7 Å². The average Bonchev–Trinajstić information content (AvgIpc) is 2.51. The second-order valence-corrected chi connectivity index (χ2v) is 5.69. The molecular weight excluding hydrogens is 284 g/mol. The van der Waals surface area contributed by atoms with Crippen LogP contribution in [0.5, 0.6) is 0 Å². The summed E-state index contributed by atoms with van der Waals surface area (Å²) in [7, 11) is 0. The van der Waals surface area contributed by atoms with Crippen LogP contribution in [0, 0.1) is 5.92 Å². The molecule has 6 heteroatoms. The van der Waals surface area contributed by atoms with E-state index < -0.39 is 6.09 Å². The van der Waals surface area contributed by atoms with Crippen LogP contribution in [-0.4, -0.2) is 41.8 Å². The Labute approximate surface area is 128 Å². The molecule has 2 aliphatic rings. The summed E-state index contributed by atoms with van der Waals surface area (Å²) < 4.78 is 5.29. The molecule has 0 saturated carbocycles. The third-order valence-electron chi connectivity index (χ3n) is 4.16. The number of nitrogens with zero attached hydrogens (tertiary/aromatic N) is 1. The van der Waals surface area contributed by atoms with Gasteiger partial charge in [-0.3, -0.25) is 9.59 Å². The average molecular weight is 302 g/mol. The molecule has 0 spiro atoms. The number of Topliss-reactive ketones (excluding diaryl/α,β-unsaturated/α-hetero) is 1. The van der Waals surface area contributed by atoms with Crippen LogP contribution < -0.4 is 5.32 Å². The van der Waals surface area contributed by atoms with E-state index in [4.69, 9.17) is 4.74 Å². The minimum Gasteiger partial charge on any atom is -0.445 e. The molecule has 3 rings (SSSR count). The minimum atomic E-state index is -0.410. The van der Waals surface area contributed by atoms with E-state index in [1.165, 1.54) is 0 Å². The molecule has 116 valence electrons. The summed E-state index contributed by atoms with van der Waals surface area (Å²) in [4.78, 5) is 36.6. The van der Waals surface area contributed by atoms with E-state index in [2.05, 4.69) is 5.32 Å². The highest BCUT2D eigenvalue weighted by molar-refractivity contribution is 5.89. The van der Waals surface area contributed by atoms with Crippen molar-refractivity contribution in [3.8, 4) is 0 Å². The number of hydrogen-bond donors (Lipinski definition) is 1. The van der Waals surface area contributed by atoms with Crippen molar-refractivity contribution in [3.63, 3.8) is 0 Å². The number of benzene rings is 1. The Morgan fingerprint density at radius 1 is 1.27 bits per heavy atom. The monoisotopic (exact) mass is 302 g/mol. The molecule has 2 amide bonds. The van der Waals surface area contributed by atoms with Crippen LogP contribution in [0.1, 0.15) is 18.4 Å². The van der Waals surface area contributed by atoms with Crippen molar-refractivity contribution in [1.82, 2.24) is 10.2 Å². The van der Waals surface area contributed by atoms with Crippen molar-refractivity contribution in [3.05, 3.63) is 35.9 Å². The van der Waals surface area contributed by atoms with E-state index in [9.17, 15) is 14.4 Å². The zero-order chi connectivity index (χ0) is 15.5. The minimum absolute atomic E-state index is 0.0402. The van der Waals surface area contributed by atoms with Crippen LogP contribution >= 0.6 is 0 Å². The molecule has 22 heavy (non-hydrogen) atoms. The predicted molar refractivity (Wildman–Crippen MR) is 77.9 cm³/mol. The Morgan fingerprint density at radius 3 is 2.68 bits per heavy atom. The van der Waals surface area contributed by atoms with Gasteiger partial charge in [-0.2, -0.15) is 0 Å². The van der Waals surface area contributed by atoms with Gasteiger partial charge < -0.3 is 15.0 Å². The Balaban J connectivity index is 1.54. The maximum Gasteiger partial charge on any atom is 0.410 e. The van der Waals surface area contributed by atoms with Gasteiger partial charge in [-0.1, -0.05) is 30.3 Å². The van der Waals surface area contributed by atoms with Crippen LogP contribution in [0.3, 0.4) is 0 Å². The van der Waals surface area contributed by atoms with Gasteiger partial charge in [0.2, 0.25) is 5.91 Å².